The van der Waals surface area contributed by atoms with E-state index in [0.29, 0.717) is 18.0 Å². The molecule has 0 aliphatic carbocycles. The molecular formula is C16H27N3O3. The van der Waals surface area contributed by atoms with Gasteiger partial charge in [0.05, 0.1) is 5.69 Å². The zero-order valence-electron chi connectivity index (χ0n) is 13.9. The minimum atomic E-state index is -0.318. The molecule has 1 fully saturated rings. The highest BCUT2D eigenvalue weighted by molar-refractivity contribution is 5.46. The summed E-state index contributed by atoms with van der Waals surface area (Å²) in [5, 5.41) is 0. The molecule has 6 heteroatoms. The maximum absolute atomic E-state index is 9.60. The van der Waals surface area contributed by atoms with Crippen LogP contribution in [-0.4, -0.2) is 48.2 Å². The number of nitrogens with zero attached hydrogens (tertiary/aromatic N) is 2. The second-order valence-electron chi connectivity index (χ2n) is 6.34. The van der Waals surface area contributed by atoms with E-state index in [4.69, 9.17) is 10.5 Å². The molecule has 0 bridgehead atoms. The van der Waals surface area contributed by atoms with Crippen LogP contribution < -0.4 is 10.5 Å². The molecule has 1 aliphatic heterocycles. The van der Waals surface area contributed by atoms with Gasteiger partial charge in [-0.1, -0.05) is 0 Å². The summed E-state index contributed by atoms with van der Waals surface area (Å²) in [6, 6.07) is 3.63. The van der Waals surface area contributed by atoms with Crippen molar-refractivity contribution in [3.8, 4) is 5.88 Å². The Balaban J connectivity index is 0.000000295. The summed E-state index contributed by atoms with van der Waals surface area (Å²) in [6.07, 6.45) is 4.07. The Hall–Kier alpha value is -1.82. The number of anilines is 1. The van der Waals surface area contributed by atoms with Crippen molar-refractivity contribution in [2.24, 2.45) is 0 Å². The Morgan fingerprint density at radius 2 is 2.00 bits per heavy atom. The summed E-state index contributed by atoms with van der Waals surface area (Å²) in [5.74, 6) is 0.576. The number of carbonyl (C=O) groups is 1. The number of nitrogen functional groups attached to an aromatic ring is 1. The maximum atomic E-state index is 9.60. The summed E-state index contributed by atoms with van der Waals surface area (Å²) < 4.78 is 10.3. The summed E-state index contributed by atoms with van der Waals surface area (Å²) >= 11 is 0. The van der Waals surface area contributed by atoms with E-state index in [1.165, 1.54) is 0 Å². The molecule has 0 saturated carbocycles. The largest absolute Gasteiger partial charge is 0.473 e. The standard InChI is InChI=1S/C11H17N3O.C5H10O2/c1-14-7-4-9(5-8-14)15-11-10(12)3-2-6-13-11;1-5(2,3)7-4-6/h2-3,6,9H,4-5,7-8,12H2,1H3;4H,1-3H3. The Kier molecular flexibility index (Phi) is 7.11. The fraction of sp³-hybridized carbons (Fsp3) is 0.625. The lowest BCUT2D eigenvalue weighted by Crippen LogP contribution is -2.35. The number of aromatic nitrogens is 1. The first-order valence-electron chi connectivity index (χ1n) is 7.49. The molecule has 2 N–H and O–H groups in total. The van der Waals surface area contributed by atoms with Gasteiger partial charge in [0.25, 0.3) is 6.47 Å². The fourth-order valence-corrected chi connectivity index (χ4v) is 1.91. The van der Waals surface area contributed by atoms with Gasteiger partial charge in [0.15, 0.2) is 0 Å². The van der Waals surface area contributed by atoms with Crippen molar-refractivity contribution in [3.63, 3.8) is 0 Å². The van der Waals surface area contributed by atoms with Crippen molar-refractivity contribution < 1.29 is 14.3 Å². The SMILES string of the molecule is CC(C)(C)OC=O.CN1CCC(Oc2ncccc2N)CC1. The molecule has 0 atom stereocenters. The molecule has 0 radical (unpaired) electrons. The smallest absolute Gasteiger partial charge is 0.293 e. The van der Waals surface area contributed by atoms with Crippen molar-refractivity contribution in [3.05, 3.63) is 18.3 Å². The Bertz CT molecular complexity index is 452. The second kappa shape index (κ2) is 8.58. The van der Waals surface area contributed by atoms with Crippen LogP contribution >= 0.6 is 0 Å². The van der Waals surface area contributed by atoms with Gasteiger partial charge in [0.2, 0.25) is 5.88 Å². The molecule has 22 heavy (non-hydrogen) atoms. The second-order valence-corrected chi connectivity index (χ2v) is 6.34. The maximum Gasteiger partial charge on any atom is 0.293 e. The van der Waals surface area contributed by atoms with Crippen LogP contribution in [0.25, 0.3) is 0 Å². The number of carbonyl (C=O) groups excluding carboxylic acids is 1. The Labute approximate surface area is 132 Å². The molecule has 0 aromatic carbocycles. The lowest BCUT2D eigenvalue weighted by Gasteiger charge is -2.29. The molecule has 6 nitrogen and oxygen atoms in total. The van der Waals surface area contributed by atoms with Gasteiger partial charge < -0.3 is 20.1 Å². The van der Waals surface area contributed by atoms with Gasteiger partial charge in [-0.05, 0) is 52.8 Å². The van der Waals surface area contributed by atoms with Crippen LogP contribution in [0.2, 0.25) is 0 Å². The van der Waals surface area contributed by atoms with Gasteiger partial charge in [-0.2, -0.15) is 0 Å². The van der Waals surface area contributed by atoms with Crippen LogP contribution in [0, 0.1) is 0 Å². The first-order valence-corrected chi connectivity index (χ1v) is 7.49. The van der Waals surface area contributed by atoms with Crippen molar-refractivity contribution >= 4 is 12.2 Å². The number of ether oxygens (including phenoxy) is 2. The molecule has 1 aliphatic rings. The van der Waals surface area contributed by atoms with Crippen molar-refractivity contribution in [2.45, 2.75) is 45.3 Å². The molecule has 1 saturated heterocycles. The average Bonchev–Trinajstić information content (AvgIpc) is 2.43. The minimum absolute atomic E-state index is 0.262. The van der Waals surface area contributed by atoms with E-state index in [1.807, 2.05) is 32.9 Å². The average molecular weight is 309 g/mol. The van der Waals surface area contributed by atoms with Crippen molar-refractivity contribution in [1.29, 1.82) is 0 Å². The number of hydrogen-bond acceptors (Lipinski definition) is 6. The van der Waals surface area contributed by atoms with Crippen LogP contribution in [0.1, 0.15) is 33.6 Å². The summed E-state index contributed by atoms with van der Waals surface area (Å²) in [7, 11) is 2.13. The lowest BCUT2D eigenvalue weighted by atomic mass is 10.1. The molecule has 0 spiro atoms. The van der Waals surface area contributed by atoms with Gasteiger partial charge in [0.1, 0.15) is 11.7 Å². The van der Waals surface area contributed by atoms with Crippen LogP contribution in [0.5, 0.6) is 5.88 Å². The van der Waals surface area contributed by atoms with Crippen LogP contribution in [0.3, 0.4) is 0 Å². The highest BCUT2D eigenvalue weighted by atomic mass is 16.5. The molecule has 2 rings (SSSR count). The third-order valence-corrected chi connectivity index (χ3v) is 3.15. The van der Waals surface area contributed by atoms with Crippen LogP contribution in [0.4, 0.5) is 5.69 Å². The first-order chi connectivity index (χ1) is 10.3. The third kappa shape index (κ3) is 7.26. The summed E-state index contributed by atoms with van der Waals surface area (Å²) in [4.78, 5) is 16.0. The summed E-state index contributed by atoms with van der Waals surface area (Å²) in [6.45, 7) is 8.08. The predicted molar refractivity (Wildman–Crippen MR) is 86.7 cm³/mol. The molecule has 0 amide bonds. The van der Waals surface area contributed by atoms with Crippen LogP contribution in [0.15, 0.2) is 18.3 Å². The third-order valence-electron chi connectivity index (χ3n) is 3.15. The quantitative estimate of drug-likeness (QED) is 0.862. The monoisotopic (exact) mass is 309 g/mol. The van der Waals surface area contributed by atoms with E-state index >= 15 is 0 Å². The summed E-state index contributed by atoms with van der Waals surface area (Å²) in [5.41, 5.74) is 6.07. The minimum Gasteiger partial charge on any atom is -0.473 e. The normalized spacial score (nSPS) is 16.4. The number of rotatable bonds is 3. The molecule has 0 unspecified atom stereocenters. The first kappa shape index (κ1) is 18.2. The van der Waals surface area contributed by atoms with E-state index in [9.17, 15) is 4.79 Å². The number of likely N-dealkylation sites (tertiary alicyclic amines) is 1. The molecule has 1 aromatic rings. The number of pyridine rings is 1. The van der Waals surface area contributed by atoms with Gasteiger partial charge in [0, 0.05) is 19.3 Å². The van der Waals surface area contributed by atoms with E-state index < -0.39 is 0 Å². The molecule has 2 heterocycles. The van der Waals surface area contributed by atoms with Gasteiger partial charge in [-0.3, -0.25) is 4.79 Å². The zero-order valence-corrected chi connectivity index (χ0v) is 13.9. The molecule has 124 valence electrons. The molecule has 1 aromatic heterocycles. The highest BCUT2D eigenvalue weighted by Crippen LogP contribution is 2.21. The predicted octanol–water partition coefficient (Wildman–Crippen LogP) is 2.09. The lowest BCUT2D eigenvalue weighted by molar-refractivity contribution is -0.138. The van der Waals surface area contributed by atoms with Gasteiger partial charge >= 0.3 is 0 Å². The molecular weight excluding hydrogens is 282 g/mol. The number of hydrogen-bond donors (Lipinski definition) is 1. The highest BCUT2D eigenvalue weighted by Gasteiger charge is 2.19. The fourth-order valence-electron chi connectivity index (χ4n) is 1.91. The zero-order chi connectivity index (χ0) is 16.6. The van der Waals surface area contributed by atoms with E-state index in [0.717, 1.165) is 25.9 Å². The van der Waals surface area contributed by atoms with Crippen LogP contribution in [-0.2, 0) is 9.53 Å². The Morgan fingerprint density at radius 3 is 2.45 bits per heavy atom. The number of nitrogens with two attached hydrogens (primary N) is 1. The van der Waals surface area contributed by atoms with E-state index in [2.05, 4.69) is 21.7 Å². The Morgan fingerprint density at radius 1 is 1.36 bits per heavy atom. The van der Waals surface area contributed by atoms with E-state index in [-0.39, 0.29) is 11.7 Å². The van der Waals surface area contributed by atoms with E-state index in [1.54, 1.807) is 6.20 Å². The van der Waals surface area contributed by atoms with Gasteiger partial charge in [-0.15, -0.1) is 0 Å². The van der Waals surface area contributed by atoms with Crippen molar-refractivity contribution in [2.75, 3.05) is 25.9 Å². The van der Waals surface area contributed by atoms with Gasteiger partial charge in [-0.25, -0.2) is 4.98 Å². The van der Waals surface area contributed by atoms with Crippen molar-refractivity contribution in [1.82, 2.24) is 9.88 Å². The topological polar surface area (TPSA) is 77.7 Å². The number of piperidine rings is 1.